The molecule has 2 heterocycles. The Labute approximate surface area is 97.6 Å². The van der Waals surface area contributed by atoms with E-state index in [0.717, 1.165) is 13.1 Å². The molecule has 1 N–H and O–H groups in total. The lowest BCUT2D eigenvalue weighted by Crippen LogP contribution is -2.53. The van der Waals surface area contributed by atoms with Crippen LogP contribution in [-0.2, 0) is 13.0 Å². The van der Waals surface area contributed by atoms with Gasteiger partial charge in [-0.3, -0.25) is 0 Å². The van der Waals surface area contributed by atoms with Crippen LogP contribution in [0.5, 0.6) is 0 Å². The summed E-state index contributed by atoms with van der Waals surface area (Å²) in [4.78, 5) is 2.53. The maximum atomic E-state index is 3.44. The summed E-state index contributed by atoms with van der Waals surface area (Å²) in [7, 11) is 0. The molecule has 16 heavy (non-hydrogen) atoms. The number of anilines is 1. The van der Waals surface area contributed by atoms with E-state index in [1.807, 2.05) is 0 Å². The van der Waals surface area contributed by atoms with Crippen LogP contribution in [0.3, 0.4) is 0 Å². The highest BCUT2D eigenvalue weighted by Gasteiger charge is 2.35. The molecule has 1 fully saturated rings. The highest BCUT2D eigenvalue weighted by Crippen LogP contribution is 2.36. The molecule has 2 aliphatic rings. The van der Waals surface area contributed by atoms with E-state index in [9.17, 15) is 0 Å². The summed E-state index contributed by atoms with van der Waals surface area (Å²) in [5.74, 6) is 0. The van der Waals surface area contributed by atoms with E-state index in [-0.39, 0.29) is 0 Å². The predicted octanol–water partition coefficient (Wildman–Crippen LogP) is 2.18. The van der Waals surface area contributed by atoms with Crippen LogP contribution in [0.2, 0.25) is 0 Å². The van der Waals surface area contributed by atoms with Gasteiger partial charge in [-0.1, -0.05) is 26.0 Å². The molecule has 0 bridgehead atoms. The lowest BCUT2D eigenvalue weighted by atomic mass is 9.83. The first-order valence-electron chi connectivity index (χ1n) is 6.22. The van der Waals surface area contributed by atoms with Crippen LogP contribution in [-0.4, -0.2) is 19.6 Å². The third kappa shape index (κ3) is 1.61. The van der Waals surface area contributed by atoms with Crippen LogP contribution < -0.4 is 10.2 Å². The SMILES string of the molecule is CC1(C)CN(c2cccc3c2CCNC3)C1. The van der Waals surface area contributed by atoms with Crippen molar-refractivity contribution in [3.05, 3.63) is 29.3 Å². The van der Waals surface area contributed by atoms with Crippen molar-refractivity contribution in [3.8, 4) is 0 Å². The molecule has 86 valence electrons. The van der Waals surface area contributed by atoms with Crippen molar-refractivity contribution in [1.29, 1.82) is 0 Å². The Morgan fingerprint density at radius 2 is 2.06 bits per heavy atom. The van der Waals surface area contributed by atoms with Gasteiger partial charge in [0, 0.05) is 25.3 Å². The van der Waals surface area contributed by atoms with Gasteiger partial charge in [0.25, 0.3) is 0 Å². The quantitative estimate of drug-likeness (QED) is 0.774. The summed E-state index contributed by atoms with van der Waals surface area (Å²) in [6.45, 7) is 9.27. The average Bonchev–Trinajstić information content (AvgIpc) is 2.25. The van der Waals surface area contributed by atoms with E-state index in [2.05, 4.69) is 42.3 Å². The van der Waals surface area contributed by atoms with Crippen molar-refractivity contribution in [2.75, 3.05) is 24.5 Å². The average molecular weight is 216 g/mol. The van der Waals surface area contributed by atoms with Gasteiger partial charge in [-0.25, -0.2) is 0 Å². The highest BCUT2D eigenvalue weighted by atomic mass is 15.2. The Kier molecular flexibility index (Phi) is 2.21. The molecule has 0 aromatic heterocycles. The van der Waals surface area contributed by atoms with E-state index in [1.165, 1.54) is 30.8 Å². The molecule has 1 saturated heterocycles. The second-order valence-electron chi connectivity index (χ2n) is 5.86. The topological polar surface area (TPSA) is 15.3 Å². The molecule has 0 amide bonds. The first-order chi connectivity index (χ1) is 7.66. The second kappa shape index (κ2) is 3.49. The molecule has 2 aliphatic heterocycles. The lowest BCUT2D eigenvalue weighted by molar-refractivity contribution is 0.276. The molecule has 0 atom stereocenters. The molecule has 1 aromatic rings. The lowest BCUT2D eigenvalue weighted by Gasteiger charge is -2.48. The van der Waals surface area contributed by atoms with Gasteiger partial charge in [0.15, 0.2) is 0 Å². The Morgan fingerprint density at radius 3 is 2.81 bits per heavy atom. The minimum absolute atomic E-state index is 0.510. The maximum Gasteiger partial charge on any atom is 0.0402 e. The van der Waals surface area contributed by atoms with Crippen molar-refractivity contribution < 1.29 is 0 Å². The van der Waals surface area contributed by atoms with Gasteiger partial charge in [0.2, 0.25) is 0 Å². The number of hydrogen-bond donors (Lipinski definition) is 1. The van der Waals surface area contributed by atoms with Gasteiger partial charge in [-0.2, -0.15) is 0 Å². The Bertz CT molecular complexity index is 401. The van der Waals surface area contributed by atoms with Crippen LogP contribution in [0.25, 0.3) is 0 Å². The number of rotatable bonds is 1. The van der Waals surface area contributed by atoms with Gasteiger partial charge < -0.3 is 10.2 Å². The smallest absolute Gasteiger partial charge is 0.0402 e. The summed E-state index contributed by atoms with van der Waals surface area (Å²) < 4.78 is 0. The summed E-state index contributed by atoms with van der Waals surface area (Å²) in [5, 5.41) is 3.44. The summed E-state index contributed by atoms with van der Waals surface area (Å²) in [6, 6.07) is 6.75. The largest absolute Gasteiger partial charge is 0.370 e. The maximum absolute atomic E-state index is 3.44. The third-order valence-corrected chi connectivity index (χ3v) is 3.69. The van der Waals surface area contributed by atoms with Crippen LogP contribution in [0, 0.1) is 5.41 Å². The van der Waals surface area contributed by atoms with Crippen molar-refractivity contribution >= 4 is 5.69 Å². The fourth-order valence-corrected chi connectivity index (χ4v) is 2.97. The molecule has 0 radical (unpaired) electrons. The second-order valence-corrected chi connectivity index (χ2v) is 5.86. The Hall–Kier alpha value is -1.02. The van der Waals surface area contributed by atoms with Crippen molar-refractivity contribution in [2.24, 2.45) is 5.41 Å². The zero-order valence-corrected chi connectivity index (χ0v) is 10.2. The van der Waals surface area contributed by atoms with Crippen LogP contribution >= 0.6 is 0 Å². The molecule has 0 saturated carbocycles. The van der Waals surface area contributed by atoms with E-state index >= 15 is 0 Å². The number of nitrogens with zero attached hydrogens (tertiary/aromatic N) is 1. The van der Waals surface area contributed by atoms with Crippen LogP contribution in [0.4, 0.5) is 5.69 Å². The fourth-order valence-electron chi connectivity index (χ4n) is 2.97. The molecular formula is C14H20N2. The molecular weight excluding hydrogens is 196 g/mol. The Morgan fingerprint density at radius 1 is 1.25 bits per heavy atom. The molecule has 0 aliphatic carbocycles. The number of fused-ring (bicyclic) bond motifs is 1. The van der Waals surface area contributed by atoms with E-state index in [1.54, 1.807) is 5.56 Å². The minimum Gasteiger partial charge on any atom is -0.370 e. The zero-order chi connectivity index (χ0) is 11.2. The molecule has 0 unspecified atom stereocenters. The van der Waals surface area contributed by atoms with Gasteiger partial charge in [-0.15, -0.1) is 0 Å². The molecule has 0 spiro atoms. The molecule has 2 nitrogen and oxygen atoms in total. The van der Waals surface area contributed by atoms with E-state index < -0.39 is 0 Å². The number of hydrogen-bond acceptors (Lipinski definition) is 2. The summed E-state index contributed by atoms with van der Waals surface area (Å²) in [6.07, 6.45) is 1.18. The van der Waals surface area contributed by atoms with E-state index in [0.29, 0.717) is 5.41 Å². The predicted molar refractivity (Wildman–Crippen MR) is 67.8 cm³/mol. The van der Waals surface area contributed by atoms with Crippen LogP contribution in [0.15, 0.2) is 18.2 Å². The molecule has 1 aromatic carbocycles. The third-order valence-electron chi connectivity index (χ3n) is 3.69. The van der Waals surface area contributed by atoms with Crippen LogP contribution in [0.1, 0.15) is 25.0 Å². The first kappa shape index (κ1) is 10.2. The Balaban J connectivity index is 1.90. The zero-order valence-electron chi connectivity index (χ0n) is 10.2. The standard InChI is InChI=1S/C14H20N2/c1-14(2)9-16(10-14)13-5-3-4-11-8-15-7-6-12(11)13/h3-5,15H,6-10H2,1-2H3. The molecule has 3 rings (SSSR count). The number of benzene rings is 1. The summed E-state index contributed by atoms with van der Waals surface area (Å²) >= 11 is 0. The monoisotopic (exact) mass is 216 g/mol. The van der Waals surface area contributed by atoms with Gasteiger partial charge in [0.1, 0.15) is 0 Å². The fraction of sp³-hybridized carbons (Fsp3) is 0.571. The van der Waals surface area contributed by atoms with Crippen molar-refractivity contribution in [3.63, 3.8) is 0 Å². The molecule has 2 heteroatoms. The van der Waals surface area contributed by atoms with E-state index in [4.69, 9.17) is 0 Å². The number of nitrogens with one attached hydrogen (secondary N) is 1. The van der Waals surface area contributed by atoms with Gasteiger partial charge in [-0.05, 0) is 35.6 Å². The first-order valence-corrected chi connectivity index (χ1v) is 6.22. The normalized spacial score (nSPS) is 22.5. The highest BCUT2D eigenvalue weighted by molar-refractivity contribution is 5.59. The van der Waals surface area contributed by atoms with Crippen molar-refractivity contribution in [1.82, 2.24) is 5.32 Å². The van der Waals surface area contributed by atoms with Gasteiger partial charge in [0.05, 0.1) is 0 Å². The minimum atomic E-state index is 0.510. The van der Waals surface area contributed by atoms with Gasteiger partial charge >= 0.3 is 0 Å². The summed E-state index contributed by atoms with van der Waals surface area (Å²) in [5.41, 5.74) is 5.07. The van der Waals surface area contributed by atoms with Crippen molar-refractivity contribution in [2.45, 2.75) is 26.8 Å².